The highest BCUT2D eigenvalue weighted by atomic mass is 32.2. The molecule has 0 unspecified atom stereocenters. The van der Waals surface area contributed by atoms with Gasteiger partial charge in [-0.1, -0.05) is 0 Å². The first kappa shape index (κ1) is 23.7. The first-order chi connectivity index (χ1) is 15.1. The number of carbonyl (C=O) groups excluding carboxylic acids is 2. The Kier molecular flexibility index (Phi) is 7.47. The fourth-order valence-corrected chi connectivity index (χ4v) is 4.95. The molecule has 32 heavy (non-hydrogen) atoms. The van der Waals surface area contributed by atoms with Crippen LogP contribution in [0, 0.1) is 18.7 Å². The molecule has 0 spiro atoms. The molecular weight excluding hydrogens is 435 g/mol. The molecule has 2 aromatic rings. The average Bonchev–Trinajstić information content (AvgIpc) is 2.74. The minimum atomic E-state index is -3.70. The maximum atomic E-state index is 13.0. The van der Waals surface area contributed by atoms with Crippen molar-refractivity contribution < 1.29 is 22.4 Å². The molecule has 2 aromatic carbocycles. The van der Waals surface area contributed by atoms with Gasteiger partial charge in [-0.2, -0.15) is 0 Å². The summed E-state index contributed by atoms with van der Waals surface area (Å²) >= 11 is 0. The number of anilines is 2. The molecule has 0 radical (unpaired) electrons. The third-order valence-electron chi connectivity index (χ3n) is 5.34. The highest BCUT2D eigenvalue weighted by Gasteiger charge is 2.25. The van der Waals surface area contributed by atoms with Crippen LogP contribution in [0.2, 0.25) is 0 Å². The minimum absolute atomic E-state index is 0.110. The van der Waals surface area contributed by atoms with Crippen LogP contribution in [0.4, 0.5) is 20.6 Å². The molecule has 3 N–H and O–H groups in total. The van der Waals surface area contributed by atoms with Crippen LogP contribution in [0.5, 0.6) is 0 Å². The van der Waals surface area contributed by atoms with Gasteiger partial charge in [0, 0.05) is 37.9 Å². The van der Waals surface area contributed by atoms with Gasteiger partial charge in [0.25, 0.3) is 0 Å². The van der Waals surface area contributed by atoms with Gasteiger partial charge in [-0.25, -0.2) is 22.3 Å². The van der Waals surface area contributed by atoms with Crippen LogP contribution in [-0.2, 0) is 14.8 Å². The van der Waals surface area contributed by atoms with E-state index in [1.165, 1.54) is 37.3 Å². The molecule has 1 aliphatic rings. The number of piperidine rings is 1. The lowest BCUT2D eigenvalue weighted by atomic mass is 9.97. The highest BCUT2D eigenvalue weighted by Crippen LogP contribution is 2.22. The van der Waals surface area contributed by atoms with E-state index >= 15 is 0 Å². The first-order valence-electron chi connectivity index (χ1n) is 10.3. The zero-order chi connectivity index (χ0) is 23.3. The number of aryl methyl sites for hydroxylation is 1. The number of hydrogen-bond acceptors (Lipinski definition) is 4. The molecular formula is C22H27FN4O4S. The van der Waals surface area contributed by atoms with Gasteiger partial charge in [0.15, 0.2) is 0 Å². The van der Waals surface area contributed by atoms with Gasteiger partial charge < -0.3 is 15.5 Å². The molecule has 0 aliphatic carbocycles. The second kappa shape index (κ2) is 10.1. The Bertz CT molecular complexity index is 1080. The van der Waals surface area contributed by atoms with Crippen LogP contribution in [-0.4, -0.2) is 44.9 Å². The second-order valence-electron chi connectivity index (χ2n) is 7.88. The number of carbonyl (C=O) groups is 2. The summed E-state index contributed by atoms with van der Waals surface area (Å²) in [6.07, 6.45) is 1.33. The van der Waals surface area contributed by atoms with E-state index in [0.29, 0.717) is 42.9 Å². The van der Waals surface area contributed by atoms with Gasteiger partial charge in [-0.05, 0) is 73.7 Å². The fraction of sp³-hybridized carbons (Fsp3) is 0.364. The number of urea groups is 1. The molecule has 1 saturated heterocycles. The molecule has 1 fully saturated rings. The molecule has 10 heteroatoms. The van der Waals surface area contributed by atoms with E-state index in [9.17, 15) is 22.4 Å². The number of benzene rings is 2. The van der Waals surface area contributed by atoms with E-state index in [2.05, 4.69) is 15.4 Å². The second-order valence-corrected chi connectivity index (χ2v) is 9.62. The largest absolute Gasteiger partial charge is 0.326 e. The topological polar surface area (TPSA) is 108 Å². The average molecular weight is 463 g/mol. The van der Waals surface area contributed by atoms with Crippen LogP contribution in [0.25, 0.3) is 0 Å². The predicted octanol–water partition coefficient (Wildman–Crippen LogP) is 3.31. The number of amides is 3. The quantitative estimate of drug-likeness (QED) is 0.612. The zero-order valence-corrected chi connectivity index (χ0v) is 18.8. The molecule has 3 amide bonds. The van der Waals surface area contributed by atoms with Gasteiger partial charge in [0.2, 0.25) is 15.9 Å². The summed E-state index contributed by atoms with van der Waals surface area (Å²) in [7, 11) is -3.70. The lowest BCUT2D eigenvalue weighted by Crippen LogP contribution is -2.43. The number of likely N-dealkylation sites (tertiary alicyclic amines) is 1. The molecule has 172 valence electrons. The summed E-state index contributed by atoms with van der Waals surface area (Å²) in [5.41, 5.74) is 1.60. The Labute approximate surface area is 187 Å². The lowest BCUT2D eigenvalue weighted by molar-refractivity contribution is -0.114. The Hall–Kier alpha value is -2.98. The summed E-state index contributed by atoms with van der Waals surface area (Å²) in [5.74, 6) is -0.487. The summed E-state index contributed by atoms with van der Waals surface area (Å²) < 4.78 is 41.1. The number of rotatable bonds is 6. The van der Waals surface area contributed by atoms with Gasteiger partial charge in [-0.15, -0.1) is 0 Å². The molecule has 0 saturated carbocycles. The summed E-state index contributed by atoms with van der Waals surface area (Å²) in [4.78, 5) is 25.4. The van der Waals surface area contributed by atoms with Crippen molar-refractivity contribution in [1.82, 2.24) is 9.62 Å². The Morgan fingerprint density at radius 3 is 2.25 bits per heavy atom. The summed E-state index contributed by atoms with van der Waals surface area (Å²) in [6.45, 7) is 4.35. The Balaban J connectivity index is 1.50. The smallest absolute Gasteiger partial charge is 0.321 e. The SMILES string of the molecule is CC(=O)Nc1ccc(S(=O)(=O)NCC2CCN(C(=O)Nc3ccc(F)cc3)CC2)c(C)c1. The van der Waals surface area contributed by atoms with Crippen LogP contribution < -0.4 is 15.4 Å². The monoisotopic (exact) mass is 462 g/mol. The number of sulfonamides is 1. The van der Waals surface area contributed by atoms with Crippen molar-refractivity contribution in [3.8, 4) is 0 Å². The van der Waals surface area contributed by atoms with Crippen LogP contribution in [0.15, 0.2) is 47.4 Å². The van der Waals surface area contributed by atoms with Crippen molar-refractivity contribution in [3.05, 3.63) is 53.8 Å². The minimum Gasteiger partial charge on any atom is -0.326 e. The number of hydrogen-bond donors (Lipinski definition) is 3. The highest BCUT2D eigenvalue weighted by molar-refractivity contribution is 7.89. The van der Waals surface area contributed by atoms with E-state index in [1.54, 1.807) is 24.0 Å². The normalized spacial score (nSPS) is 14.8. The lowest BCUT2D eigenvalue weighted by Gasteiger charge is -2.32. The number of nitrogens with one attached hydrogen (secondary N) is 3. The molecule has 0 atom stereocenters. The maximum absolute atomic E-state index is 13.0. The van der Waals surface area contributed by atoms with Crippen molar-refractivity contribution in [1.29, 1.82) is 0 Å². The Morgan fingerprint density at radius 1 is 1.03 bits per heavy atom. The van der Waals surface area contributed by atoms with Gasteiger partial charge in [-0.3, -0.25) is 4.79 Å². The Morgan fingerprint density at radius 2 is 1.66 bits per heavy atom. The third kappa shape index (κ3) is 6.27. The molecule has 0 bridgehead atoms. The molecule has 8 nitrogen and oxygen atoms in total. The van der Waals surface area contributed by atoms with E-state index in [-0.39, 0.29) is 35.1 Å². The molecule has 1 aliphatic heterocycles. The van der Waals surface area contributed by atoms with Crippen LogP contribution in [0.1, 0.15) is 25.3 Å². The van der Waals surface area contributed by atoms with E-state index in [4.69, 9.17) is 0 Å². The molecule has 3 rings (SSSR count). The van der Waals surface area contributed by atoms with Crippen LogP contribution in [0.3, 0.4) is 0 Å². The van der Waals surface area contributed by atoms with E-state index < -0.39 is 10.0 Å². The number of halogens is 1. The van der Waals surface area contributed by atoms with Crippen LogP contribution >= 0.6 is 0 Å². The summed E-state index contributed by atoms with van der Waals surface area (Å²) in [6, 6.07) is 9.96. The van der Waals surface area contributed by atoms with Crippen molar-refractivity contribution in [3.63, 3.8) is 0 Å². The predicted molar refractivity (Wildman–Crippen MR) is 120 cm³/mol. The fourth-order valence-electron chi connectivity index (χ4n) is 3.61. The summed E-state index contributed by atoms with van der Waals surface area (Å²) in [5, 5.41) is 5.37. The van der Waals surface area contributed by atoms with Crippen molar-refractivity contribution in [2.75, 3.05) is 30.3 Å². The number of nitrogens with zero attached hydrogens (tertiary/aromatic N) is 1. The zero-order valence-electron chi connectivity index (χ0n) is 18.0. The van der Waals surface area contributed by atoms with Gasteiger partial charge in [0.05, 0.1) is 4.90 Å². The van der Waals surface area contributed by atoms with E-state index in [1.807, 2.05) is 0 Å². The van der Waals surface area contributed by atoms with Crippen molar-refractivity contribution >= 4 is 33.3 Å². The van der Waals surface area contributed by atoms with Crippen molar-refractivity contribution in [2.24, 2.45) is 5.92 Å². The first-order valence-corrected chi connectivity index (χ1v) is 11.8. The van der Waals surface area contributed by atoms with E-state index in [0.717, 1.165) is 0 Å². The maximum Gasteiger partial charge on any atom is 0.321 e. The molecule has 1 heterocycles. The molecule has 0 aromatic heterocycles. The van der Waals surface area contributed by atoms with Gasteiger partial charge >= 0.3 is 6.03 Å². The standard InChI is InChI=1S/C22H27FN4O4S/c1-15-13-20(25-16(2)28)7-8-21(15)32(30,31)24-14-17-9-11-27(12-10-17)22(29)26-19-5-3-18(23)4-6-19/h3-8,13,17,24H,9-12,14H2,1-2H3,(H,25,28)(H,26,29). The third-order valence-corrected chi connectivity index (χ3v) is 6.93. The van der Waals surface area contributed by atoms with Crippen molar-refractivity contribution in [2.45, 2.75) is 31.6 Å². The van der Waals surface area contributed by atoms with Gasteiger partial charge in [0.1, 0.15) is 5.82 Å².